The van der Waals surface area contributed by atoms with Crippen molar-refractivity contribution in [2.75, 3.05) is 20.3 Å². The molecule has 104 valence electrons. The third-order valence-corrected chi connectivity index (χ3v) is 2.56. The number of methoxy groups -OCH3 is 1. The van der Waals surface area contributed by atoms with Crippen molar-refractivity contribution in [2.24, 2.45) is 5.41 Å². The minimum absolute atomic E-state index is 0.0679. The van der Waals surface area contributed by atoms with Gasteiger partial charge in [0, 0.05) is 5.41 Å². The molecule has 19 heavy (non-hydrogen) atoms. The minimum Gasteiger partial charge on any atom is -0.465 e. The Labute approximate surface area is 112 Å². The Hall–Kier alpha value is -1.88. The van der Waals surface area contributed by atoms with Gasteiger partial charge in [-0.2, -0.15) is 0 Å². The van der Waals surface area contributed by atoms with Crippen molar-refractivity contribution < 1.29 is 24.2 Å². The van der Waals surface area contributed by atoms with Gasteiger partial charge in [0.2, 0.25) is 0 Å². The summed E-state index contributed by atoms with van der Waals surface area (Å²) in [7, 11) is 1.29. The molecule has 0 fully saturated rings. The summed E-state index contributed by atoms with van der Waals surface area (Å²) in [5, 5.41) is 9.06. The monoisotopic (exact) mass is 266 g/mol. The van der Waals surface area contributed by atoms with Gasteiger partial charge < -0.3 is 14.6 Å². The smallest absolute Gasteiger partial charge is 0.338 e. The summed E-state index contributed by atoms with van der Waals surface area (Å²) in [6, 6.07) is 6.00. The summed E-state index contributed by atoms with van der Waals surface area (Å²) in [4.78, 5) is 23.0. The zero-order valence-electron chi connectivity index (χ0n) is 11.3. The van der Waals surface area contributed by atoms with Gasteiger partial charge in [-0.15, -0.1) is 0 Å². The molecule has 0 saturated carbocycles. The number of esters is 2. The molecule has 1 N–H and O–H groups in total. The molecule has 1 rings (SSSR count). The van der Waals surface area contributed by atoms with E-state index in [1.54, 1.807) is 13.8 Å². The highest BCUT2D eigenvalue weighted by Gasteiger charge is 2.19. The molecule has 0 heterocycles. The van der Waals surface area contributed by atoms with Crippen molar-refractivity contribution >= 4 is 11.9 Å². The molecule has 5 nitrogen and oxygen atoms in total. The molecule has 5 heteroatoms. The fourth-order valence-corrected chi connectivity index (χ4v) is 1.25. The van der Waals surface area contributed by atoms with Crippen molar-refractivity contribution in [3.8, 4) is 0 Å². The van der Waals surface area contributed by atoms with Crippen LogP contribution in [-0.2, 0) is 9.47 Å². The quantitative estimate of drug-likeness (QED) is 0.820. The number of ether oxygens (including phenoxy) is 2. The van der Waals surface area contributed by atoms with Gasteiger partial charge in [0.1, 0.15) is 0 Å². The molecule has 0 aliphatic heterocycles. The Balaban J connectivity index is 2.66. The highest BCUT2D eigenvalue weighted by molar-refractivity contribution is 5.93. The van der Waals surface area contributed by atoms with Crippen molar-refractivity contribution in [3.63, 3.8) is 0 Å². The molecule has 0 aliphatic rings. The Morgan fingerprint density at radius 3 is 2.00 bits per heavy atom. The topological polar surface area (TPSA) is 72.8 Å². The van der Waals surface area contributed by atoms with Crippen LogP contribution in [-0.4, -0.2) is 37.4 Å². The summed E-state index contributed by atoms with van der Waals surface area (Å²) < 4.78 is 9.66. The van der Waals surface area contributed by atoms with Crippen LogP contribution in [0.1, 0.15) is 34.6 Å². The zero-order valence-corrected chi connectivity index (χ0v) is 11.3. The molecular weight excluding hydrogens is 248 g/mol. The van der Waals surface area contributed by atoms with E-state index in [1.807, 2.05) is 0 Å². The van der Waals surface area contributed by atoms with E-state index in [9.17, 15) is 9.59 Å². The first kappa shape index (κ1) is 15.2. The molecule has 0 saturated heterocycles. The van der Waals surface area contributed by atoms with Gasteiger partial charge in [0.25, 0.3) is 0 Å². The lowest BCUT2D eigenvalue weighted by Gasteiger charge is -2.20. The van der Waals surface area contributed by atoms with Gasteiger partial charge in [-0.3, -0.25) is 0 Å². The lowest BCUT2D eigenvalue weighted by Crippen LogP contribution is -2.25. The fourth-order valence-electron chi connectivity index (χ4n) is 1.25. The third-order valence-electron chi connectivity index (χ3n) is 2.56. The summed E-state index contributed by atoms with van der Waals surface area (Å²) >= 11 is 0. The second-order valence-corrected chi connectivity index (χ2v) is 4.97. The maximum atomic E-state index is 11.7. The van der Waals surface area contributed by atoms with E-state index < -0.39 is 17.4 Å². The molecule has 0 radical (unpaired) electrons. The summed E-state index contributed by atoms with van der Waals surface area (Å²) in [5.41, 5.74) is 0.248. The highest BCUT2D eigenvalue weighted by Crippen LogP contribution is 2.15. The zero-order chi connectivity index (χ0) is 14.5. The normalized spacial score (nSPS) is 10.9. The molecule has 0 spiro atoms. The van der Waals surface area contributed by atoms with Crippen molar-refractivity contribution in [3.05, 3.63) is 35.4 Å². The van der Waals surface area contributed by atoms with Crippen LogP contribution in [0.25, 0.3) is 0 Å². The van der Waals surface area contributed by atoms with E-state index in [2.05, 4.69) is 4.74 Å². The number of hydrogen-bond acceptors (Lipinski definition) is 5. The first-order chi connectivity index (χ1) is 8.89. The second-order valence-electron chi connectivity index (χ2n) is 4.97. The van der Waals surface area contributed by atoms with Crippen molar-refractivity contribution in [1.82, 2.24) is 0 Å². The average molecular weight is 266 g/mol. The van der Waals surface area contributed by atoms with Crippen LogP contribution in [0.15, 0.2) is 24.3 Å². The van der Waals surface area contributed by atoms with Crippen molar-refractivity contribution in [2.45, 2.75) is 13.8 Å². The van der Waals surface area contributed by atoms with Crippen LogP contribution < -0.4 is 0 Å². The molecule has 0 bridgehead atoms. The molecule has 0 unspecified atom stereocenters. The van der Waals surface area contributed by atoms with Crippen LogP contribution >= 0.6 is 0 Å². The molecular formula is C14H18O5. The molecule has 0 atom stereocenters. The Morgan fingerprint density at radius 2 is 1.58 bits per heavy atom. The van der Waals surface area contributed by atoms with Gasteiger partial charge in [-0.05, 0) is 24.3 Å². The number of rotatable bonds is 5. The SMILES string of the molecule is COC(=O)c1ccc(C(=O)OCC(C)(C)CO)cc1. The second kappa shape index (κ2) is 6.33. The van der Waals surface area contributed by atoms with Gasteiger partial charge in [0.05, 0.1) is 31.5 Å². The maximum absolute atomic E-state index is 11.7. The molecule has 0 amide bonds. The predicted octanol–water partition coefficient (Wildman–Crippen LogP) is 1.65. The first-order valence-electron chi connectivity index (χ1n) is 5.86. The number of aliphatic hydroxyl groups excluding tert-OH is 1. The van der Waals surface area contributed by atoms with Crippen LogP contribution in [0, 0.1) is 5.41 Å². The number of aliphatic hydroxyl groups is 1. The Kier molecular flexibility index (Phi) is 5.06. The summed E-state index contributed by atoms with van der Waals surface area (Å²) in [5.74, 6) is -0.945. The Morgan fingerprint density at radius 1 is 1.11 bits per heavy atom. The Bertz CT molecular complexity index is 447. The number of carbonyl (C=O) groups excluding carboxylic acids is 2. The lowest BCUT2D eigenvalue weighted by atomic mass is 9.96. The minimum atomic E-state index is -0.488. The van der Waals surface area contributed by atoms with Crippen LogP contribution in [0.2, 0.25) is 0 Å². The van der Waals surface area contributed by atoms with Crippen LogP contribution in [0.4, 0.5) is 0 Å². The third kappa shape index (κ3) is 4.37. The van der Waals surface area contributed by atoms with Gasteiger partial charge >= 0.3 is 11.9 Å². The molecule has 1 aromatic carbocycles. The number of hydrogen-bond donors (Lipinski definition) is 1. The predicted molar refractivity (Wildman–Crippen MR) is 68.9 cm³/mol. The van der Waals surface area contributed by atoms with E-state index in [-0.39, 0.29) is 13.2 Å². The fraction of sp³-hybridized carbons (Fsp3) is 0.429. The number of benzene rings is 1. The summed E-state index contributed by atoms with van der Waals surface area (Å²) in [6.07, 6.45) is 0. The average Bonchev–Trinajstić information content (AvgIpc) is 2.44. The highest BCUT2D eigenvalue weighted by atomic mass is 16.5. The van der Waals surface area contributed by atoms with E-state index >= 15 is 0 Å². The van der Waals surface area contributed by atoms with Crippen molar-refractivity contribution in [1.29, 1.82) is 0 Å². The van der Waals surface area contributed by atoms with E-state index in [4.69, 9.17) is 9.84 Å². The molecule has 0 aliphatic carbocycles. The van der Waals surface area contributed by atoms with E-state index in [1.165, 1.54) is 31.4 Å². The number of carbonyl (C=O) groups is 2. The van der Waals surface area contributed by atoms with Gasteiger partial charge in [-0.1, -0.05) is 13.8 Å². The largest absolute Gasteiger partial charge is 0.465 e. The standard InChI is InChI=1S/C14H18O5/c1-14(2,8-15)9-19-13(17)11-6-4-10(5-7-11)12(16)18-3/h4-7,15H,8-9H2,1-3H3. The van der Waals surface area contributed by atoms with E-state index in [0.717, 1.165) is 0 Å². The maximum Gasteiger partial charge on any atom is 0.338 e. The van der Waals surface area contributed by atoms with Gasteiger partial charge in [0.15, 0.2) is 0 Å². The molecule has 0 aromatic heterocycles. The van der Waals surface area contributed by atoms with E-state index in [0.29, 0.717) is 11.1 Å². The summed E-state index contributed by atoms with van der Waals surface area (Å²) in [6.45, 7) is 3.64. The van der Waals surface area contributed by atoms with Crippen LogP contribution in [0.3, 0.4) is 0 Å². The molecule has 1 aromatic rings. The first-order valence-corrected chi connectivity index (χ1v) is 5.86. The van der Waals surface area contributed by atoms with Gasteiger partial charge in [-0.25, -0.2) is 9.59 Å². The lowest BCUT2D eigenvalue weighted by molar-refractivity contribution is 0.0218. The van der Waals surface area contributed by atoms with Crippen LogP contribution in [0.5, 0.6) is 0 Å².